The number of carbonyl (C=O) groups is 1. The number of nitrogens with one attached hydrogen (secondary N) is 2. The van der Waals surface area contributed by atoms with Crippen LogP contribution in [0, 0.1) is 6.92 Å². The van der Waals surface area contributed by atoms with Crippen molar-refractivity contribution >= 4 is 5.91 Å². The van der Waals surface area contributed by atoms with Gasteiger partial charge in [-0.25, -0.2) is 4.98 Å². The molecule has 0 spiro atoms. The van der Waals surface area contributed by atoms with Crippen LogP contribution >= 0.6 is 0 Å². The van der Waals surface area contributed by atoms with Crippen LogP contribution in [-0.2, 0) is 11.2 Å². The first-order valence-corrected chi connectivity index (χ1v) is 7.74. The van der Waals surface area contributed by atoms with Crippen LogP contribution in [0.2, 0.25) is 0 Å². The number of piperidine rings is 1. The Bertz CT molecular complexity index is 631. The van der Waals surface area contributed by atoms with Crippen LogP contribution < -0.4 is 10.6 Å². The molecule has 5 nitrogen and oxygen atoms in total. The van der Waals surface area contributed by atoms with Crippen LogP contribution in [0.25, 0.3) is 11.5 Å². The fraction of sp³-hybridized carbons (Fsp3) is 0.412. The van der Waals surface area contributed by atoms with E-state index in [1.807, 2.05) is 37.3 Å². The number of aryl methyl sites for hydroxylation is 1. The van der Waals surface area contributed by atoms with Gasteiger partial charge in [-0.2, -0.15) is 0 Å². The molecule has 1 atom stereocenters. The first-order chi connectivity index (χ1) is 10.7. The quantitative estimate of drug-likeness (QED) is 0.907. The number of hydrogen-bond donors (Lipinski definition) is 2. The lowest BCUT2D eigenvalue weighted by molar-refractivity contribution is -0.121. The maximum Gasteiger partial charge on any atom is 0.226 e. The van der Waals surface area contributed by atoms with E-state index in [1.54, 1.807) is 0 Å². The number of benzene rings is 1. The molecule has 1 saturated heterocycles. The summed E-state index contributed by atoms with van der Waals surface area (Å²) in [7, 11) is 0. The van der Waals surface area contributed by atoms with Gasteiger partial charge in [-0.3, -0.25) is 4.79 Å². The summed E-state index contributed by atoms with van der Waals surface area (Å²) in [6.07, 6.45) is 2.40. The molecule has 0 radical (unpaired) electrons. The van der Waals surface area contributed by atoms with E-state index in [9.17, 15) is 4.79 Å². The van der Waals surface area contributed by atoms with Gasteiger partial charge in [0.1, 0.15) is 5.76 Å². The Morgan fingerprint density at radius 1 is 1.41 bits per heavy atom. The van der Waals surface area contributed by atoms with Crippen molar-refractivity contribution in [1.82, 2.24) is 15.6 Å². The van der Waals surface area contributed by atoms with Crippen LogP contribution in [0.1, 0.15) is 24.3 Å². The van der Waals surface area contributed by atoms with E-state index in [0.717, 1.165) is 31.5 Å². The van der Waals surface area contributed by atoms with Crippen LogP contribution in [-0.4, -0.2) is 30.0 Å². The molecular formula is C17H21N3O2. The largest absolute Gasteiger partial charge is 0.441 e. The Labute approximate surface area is 130 Å². The van der Waals surface area contributed by atoms with Crippen molar-refractivity contribution in [1.29, 1.82) is 0 Å². The number of rotatable bonds is 4. The summed E-state index contributed by atoms with van der Waals surface area (Å²) in [4.78, 5) is 16.6. The van der Waals surface area contributed by atoms with Gasteiger partial charge in [-0.15, -0.1) is 0 Å². The van der Waals surface area contributed by atoms with E-state index >= 15 is 0 Å². The number of oxazole rings is 1. The highest BCUT2D eigenvalue weighted by Crippen LogP contribution is 2.21. The van der Waals surface area contributed by atoms with E-state index < -0.39 is 0 Å². The van der Waals surface area contributed by atoms with Crippen molar-refractivity contribution in [2.45, 2.75) is 32.2 Å². The average Bonchev–Trinajstić information content (AvgIpc) is 2.90. The fourth-order valence-electron chi connectivity index (χ4n) is 2.70. The molecule has 5 heteroatoms. The molecule has 0 aliphatic carbocycles. The minimum Gasteiger partial charge on any atom is -0.441 e. The van der Waals surface area contributed by atoms with Gasteiger partial charge >= 0.3 is 0 Å². The molecule has 1 aliphatic heterocycles. The summed E-state index contributed by atoms with van der Waals surface area (Å²) in [6.45, 7) is 3.73. The first-order valence-electron chi connectivity index (χ1n) is 7.74. The van der Waals surface area contributed by atoms with Gasteiger partial charge in [0, 0.05) is 18.2 Å². The highest BCUT2D eigenvalue weighted by Gasteiger charge is 2.18. The molecule has 1 aromatic carbocycles. The third kappa shape index (κ3) is 3.54. The average molecular weight is 299 g/mol. The van der Waals surface area contributed by atoms with Crippen molar-refractivity contribution in [3.63, 3.8) is 0 Å². The Kier molecular flexibility index (Phi) is 4.53. The summed E-state index contributed by atoms with van der Waals surface area (Å²) in [5, 5.41) is 6.35. The Hall–Kier alpha value is -2.14. The number of carbonyl (C=O) groups excluding carboxylic acids is 1. The van der Waals surface area contributed by atoms with E-state index in [-0.39, 0.29) is 18.4 Å². The maximum absolute atomic E-state index is 12.2. The summed E-state index contributed by atoms with van der Waals surface area (Å²) in [5.41, 5.74) is 1.63. The predicted octanol–water partition coefficient (Wildman–Crippen LogP) is 2.06. The zero-order valence-electron chi connectivity index (χ0n) is 12.8. The van der Waals surface area contributed by atoms with Crippen LogP contribution in [0.4, 0.5) is 0 Å². The van der Waals surface area contributed by atoms with Gasteiger partial charge in [-0.1, -0.05) is 18.2 Å². The highest BCUT2D eigenvalue weighted by molar-refractivity contribution is 5.78. The fourth-order valence-corrected chi connectivity index (χ4v) is 2.70. The molecule has 1 amide bonds. The third-order valence-corrected chi connectivity index (χ3v) is 3.90. The normalized spacial score (nSPS) is 18.1. The Balaban J connectivity index is 1.65. The third-order valence-electron chi connectivity index (χ3n) is 3.90. The second-order valence-electron chi connectivity index (χ2n) is 5.68. The molecule has 1 fully saturated rings. The number of aromatic nitrogens is 1. The predicted molar refractivity (Wildman–Crippen MR) is 84.4 cm³/mol. The van der Waals surface area contributed by atoms with E-state index in [1.165, 1.54) is 0 Å². The van der Waals surface area contributed by atoms with E-state index in [0.29, 0.717) is 17.3 Å². The summed E-state index contributed by atoms with van der Waals surface area (Å²) in [5.74, 6) is 1.28. The van der Waals surface area contributed by atoms with Crippen molar-refractivity contribution < 1.29 is 9.21 Å². The molecule has 116 valence electrons. The molecule has 22 heavy (non-hydrogen) atoms. The van der Waals surface area contributed by atoms with Crippen molar-refractivity contribution in [3.05, 3.63) is 41.8 Å². The smallest absolute Gasteiger partial charge is 0.226 e. The van der Waals surface area contributed by atoms with Gasteiger partial charge in [0.15, 0.2) is 0 Å². The molecular weight excluding hydrogens is 278 g/mol. The lowest BCUT2D eigenvalue weighted by atomic mass is 10.1. The summed E-state index contributed by atoms with van der Waals surface area (Å²) >= 11 is 0. The zero-order chi connectivity index (χ0) is 15.4. The van der Waals surface area contributed by atoms with E-state index in [2.05, 4.69) is 15.6 Å². The van der Waals surface area contributed by atoms with Gasteiger partial charge in [0.05, 0.1) is 12.1 Å². The Morgan fingerprint density at radius 3 is 2.95 bits per heavy atom. The van der Waals surface area contributed by atoms with Gasteiger partial charge < -0.3 is 15.1 Å². The lowest BCUT2D eigenvalue weighted by Gasteiger charge is -2.23. The van der Waals surface area contributed by atoms with Crippen LogP contribution in [0.3, 0.4) is 0 Å². The molecule has 1 unspecified atom stereocenters. The first kappa shape index (κ1) is 14.8. The minimum atomic E-state index is 0.00436. The topological polar surface area (TPSA) is 67.2 Å². The lowest BCUT2D eigenvalue weighted by Crippen LogP contribution is -2.46. The monoisotopic (exact) mass is 299 g/mol. The molecule has 1 aromatic heterocycles. The van der Waals surface area contributed by atoms with Crippen molar-refractivity contribution in [2.75, 3.05) is 13.1 Å². The number of hydrogen-bond acceptors (Lipinski definition) is 4. The van der Waals surface area contributed by atoms with Gasteiger partial charge in [-0.05, 0) is 38.4 Å². The second kappa shape index (κ2) is 6.75. The standard InChI is InChI=1S/C17H21N3O2/c1-12-15(10-16(21)19-14-8-5-9-18-11-14)20-17(22-12)13-6-3-2-4-7-13/h2-4,6-7,14,18H,5,8-11H2,1H3,(H,19,21). The molecule has 2 heterocycles. The minimum absolute atomic E-state index is 0.00436. The zero-order valence-corrected chi connectivity index (χ0v) is 12.8. The van der Waals surface area contributed by atoms with Crippen molar-refractivity contribution in [3.8, 4) is 11.5 Å². The van der Waals surface area contributed by atoms with Gasteiger partial charge in [0.25, 0.3) is 0 Å². The molecule has 0 bridgehead atoms. The van der Waals surface area contributed by atoms with Crippen molar-refractivity contribution in [2.24, 2.45) is 0 Å². The van der Waals surface area contributed by atoms with Crippen LogP contribution in [0.5, 0.6) is 0 Å². The SMILES string of the molecule is Cc1oc(-c2ccccc2)nc1CC(=O)NC1CCCNC1. The molecule has 1 aliphatic rings. The maximum atomic E-state index is 12.2. The summed E-state index contributed by atoms with van der Waals surface area (Å²) in [6, 6.07) is 9.95. The highest BCUT2D eigenvalue weighted by atomic mass is 16.4. The van der Waals surface area contributed by atoms with Gasteiger partial charge in [0.2, 0.25) is 11.8 Å². The molecule has 2 aromatic rings. The molecule has 2 N–H and O–H groups in total. The van der Waals surface area contributed by atoms with E-state index in [4.69, 9.17) is 4.42 Å². The number of amides is 1. The molecule has 3 rings (SSSR count). The number of nitrogens with zero attached hydrogens (tertiary/aromatic N) is 1. The second-order valence-corrected chi connectivity index (χ2v) is 5.68. The summed E-state index contributed by atoms with van der Waals surface area (Å²) < 4.78 is 5.69. The Morgan fingerprint density at radius 2 is 2.23 bits per heavy atom. The molecule has 0 saturated carbocycles. The van der Waals surface area contributed by atoms with Crippen LogP contribution in [0.15, 0.2) is 34.7 Å².